The second kappa shape index (κ2) is 1.88. The summed E-state index contributed by atoms with van der Waals surface area (Å²) in [4.78, 5) is 10.5. The van der Waals surface area contributed by atoms with Crippen LogP contribution in [0.15, 0.2) is 0 Å². The molecule has 0 heterocycles. The number of rotatable bonds is 1. The molecule has 8 heavy (non-hydrogen) atoms. The van der Waals surface area contributed by atoms with Crippen LogP contribution in [0.5, 0.6) is 0 Å². The Balaban J connectivity index is 2.25. The summed E-state index contributed by atoms with van der Waals surface area (Å²) in [5.41, 5.74) is 0. The fourth-order valence-corrected chi connectivity index (χ4v) is 1.17. The van der Waals surface area contributed by atoms with E-state index in [0.29, 0.717) is 5.92 Å². The third-order valence-corrected chi connectivity index (χ3v) is 1.83. The highest BCUT2D eigenvalue weighted by Crippen LogP contribution is 2.33. The van der Waals surface area contributed by atoms with Crippen LogP contribution in [0.25, 0.3) is 0 Å². The molecule has 1 saturated carbocycles. The summed E-state index contributed by atoms with van der Waals surface area (Å²) in [6.45, 7) is 5.52. The first-order valence-electron chi connectivity index (χ1n) is 3.06. The number of hydrogen-bond donors (Lipinski definition) is 0. The van der Waals surface area contributed by atoms with Crippen molar-refractivity contribution in [1.82, 2.24) is 0 Å². The van der Waals surface area contributed by atoms with Gasteiger partial charge in [0.1, 0.15) is 5.78 Å². The van der Waals surface area contributed by atoms with Crippen LogP contribution in [0, 0.1) is 18.8 Å². The van der Waals surface area contributed by atoms with Gasteiger partial charge in [-0.3, -0.25) is 4.79 Å². The van der Waals surface area contributed by atoms with Crippen LogP contribution in [0.1, 0.15) is 19.8 Å². The van der Waals surface area contributed by atoms with Gasteiger partial charge in [-0.05, 0) is 18.8 Å². The van der Waals surface area contributed by atoms with Gasteiger partial charge in [0.25, 0.3) is 0 Å². The van der Waals surface area contributed by atoms with Gasteiger partial charge in [0.05, 0.1) is 0 Å². The minimum Gasteiger partial charge on any atom is -0.299 e. The van der Waals surface area contributed by atoms with E-state index in [1.165, 1.54) is 0 Å². The van der Waals surface area contributed by atoms with Gasteiger partial charge in [-0.15, -0.1) is 0 Å². The van der Waals surface area contributed by atoms with Gasteiger partial charge in [-0.25, -0.2) is 0 Å². The lowest BCUT2D eigenvalue weighted by Crippen LogP contribution is -2.26. The Kier molecular flexibility index (Phi) is 1.37. The van der Waals surface area contributed by atoms with E-state index in [-0.39, 0.29) is 5.78 Å². The summed E-state index contributed by atoms with van der Waals surface area (Å²) < 4.78 is 0. The van der Waals surface area contributed by atoms with Crippen molar-refractivity contribution in [2.75, 3.05) is 0 Å². The van der Waals surface area contributed by atoms with Gasteiger partial charge in [0, 0.05) is 12.8 Å². The minimum atomic E-state index is 0.128. The lowest BCUT2D eigenvalue weighted by Gasteiger charge is -2.29. The van der Waals surface area contributed by atoms with E-state index in [0.717, 1.165) is 18.8 Å². The van der Waals surface area contributed by atoms with E-state index in [1.54, 1.807) is 0 Å². The number of carbonyl (C=O) groups excluding carboxylic acids is 1. The van der Waals surface area contributed by atoms with E-state index < -0.39 is 0 Å². The zero-order chi connectivity index (χ0) is 6.15. The SMILES string of the molecule is [CH2]C(=O)C1CC(C)C1. The number of carbonyl (C=O) groups is 1. The molecular weight excluding hydrogens is 100 g/mol. The Bertz CT molecular complexity index is 101. The fourth-order valence-electron chi connectivity index (χ4n) is 1.17. The van der Waals surface area contributed by atoms with Crippen LogP contribution >= 0.6 is 0 Å². The molecular formula is C7H11O. The maximum Gasteiger partial charge on any atom is 0.136 e. The second-order valence-electron chi connectivity index (χ2n) is 2.74. The summed E-state index contributed by atoms with van der Waals surface area (Å²) in [7, 11) is 0. The van der Waals surface area contributed by atoms with Crippen LogP contribution < -0.4 is 0 Å². The van der Waals surface area contributed by atoms with Gasteiger partial charge in [0.15, 0.2) is 0 Å². The lowest BCUT2D eigenvalue weighted by molar-refractivity contribution is -0.122. The van der Waals surface area contributed by atoms with Crippen LogP contribution in [0.3, 0.4) is 0 Å². The molecule has 1 aliphatic carbocycles. The molecule has 1 nitrogen and oxygen atoms in total. The molecule has 0 unspecified atom stereocenters. The molecule has 0 spiro atoms. The Labute approximate surface area is 50.1 Å². The van der Waals surface area contributed by atoms with Crippen molar-refractivity contribution in [1.29, 1.82) is 0 Å². The van der Waals surface area contributed by atoms with Crippen molar-refractivity contribution < 1.29 is 4.79 Å². The molecule has 0 atom stereocenters. The molecule has 0 aliphatic heterocycles. The molecule has 0 N–H and O–H groups in total. The molecule has 0 saturated heterocycles. The zero-order valence-electron chi connectivity index (χ0n) is 5.18. The third-order valence-electron chi connectivity index (χ3n) is 1.83. The van der Waals surface area contributed by atoms with Crippen molar-refractivity contribution in [3.63, 3.8) is 0 Å². The van der Waals surface area contributed by atoms with Gasteiger partial charge in [0.2, 0.25) is 0 Å². The molecule has 45 valence electrons. The quantitative estimate of drug-likeness (QED) is 0.500. The summed E-state index contributed by atoms with van der Waals surface area (Å²) in [5, 5.41) is 0. The maximum absolute atomic E-state index is 10.5. The largest absolute Gasteiger partial charge is 0.299 e. The normalized spacial score (nSPS) is 36.2. The Morgan fingerprint density at radius 3 is 2.25 bits per heavy atom. The fraction of sp³-hybridized carbons (Fsp3) is 0.714. The van der Waals surface area contributed by atoms with E-state index >= 15 is 0 Å². The smallest absolute Gasteiger partial charge is 0.136 e. The molecule has 0 aromatic rings. The van der Waals surface area contributed by atoms with Crippen molar-refractivity contribution in [3.05, 3.63) is 6.92 Å². The average Bonchev–Trinajstić information content (AvgIpc) is 1.57. The monoisotopic (exact) mass is 111 g/mol. The first kappa shape index (κ1) is 5.80. The van der Waals surface area contributed by atoms with Gasteiger partial charge in [-0.1, -0.05) is 6.92 Å². The predicted molar refractivity (Wildman–Crippen MR) is 32.3 cm³/mol. The Hall–Kier alpha value is -0.330. The van der Waals surface area contributed by atoms with Crippen molar-refractivity contribution in [2.45, 2.75) is 19.8 Å². The van der Waals surface area contributed by atoms with Gasteiger partial charge >= 0.3 is 0 Å². The summed E-state index contributed by atoms with van der Waals surface area (Å²) >= 11 is 0. The highest BCUT2D eigenvalue weighted by molar-refractivity contribution is 5.85. The van der Waals surface area contributed by atoms with Gasteiger partial charge < -0.3 is 0 Å². The predicted octanol–water partition coefficient (Wildman–Crippen LogP) is 1.44. The van der Waals surface area contributed by atoms with E-state index in [4.69, 9.17) is 0 Å². The summed E-state index contributed by atoms with van der Waals surface area (Å²) in [6, 6.07) is 0. The standard InChI is InChI=1S/C7H11O/c1-5-3-7(4-5)6(2)8/h5,7H,2-4H2,1H3. The first-order valence-corrected chi connectivity index (χ1v) is 3.06. The molecule has 1 fully saturated rings. The average molecular weight is 111 g/mol. The molecule has 1 aliphatic rings. The molecule has 0 aromatic carbocycles. The summed E-state index contributed by atoms with van der Waals surface area (Å²) in [6.07, 6.45) is 2.14. The highest BCUT2D eigenvalue weighted by atomic mass is 16.1. The molecule has 1 heteroatoms. The molecule has 0 amide bonds. The Morgan fingerprint density at radius 1 is 1.62 bits per heavy atom. The highest BCUT2D eigenvalue weighted by Gasteiger charge is 2.28. The van der Waals surface area contributed by atoms with E-state index in [2.05, 4.69) is 13.8 Å². The molecule has 0 aromatic heterocycles. The summed E-state index contributed by atoms with van der Waals surface area (Å²) in [5.74, 6) is 1.21. The maximum atomic E-state index is 10.5. The topological polar surface area (TPSA) is 17.1 Å². The zero-order valence-corrected chi connectivity index (χ0v) is 5.18. The van der Waals surface area contributed by atoms with Crippen LogP contribution in [0.2, 0.25) is 0 Å². The van der Waals surface area contributed by atoms with E-state index in [9.17, 15) is 4.79 Å². The van der Waals surface area contributed by atoms with E-state index in [1.807, 2.05) is 0 Å². The number of Topliss-reactive ketones (excluding diaryl/α,β-unsaturated/α-hetero) is 1. The second-order valence-corrected chi connectivity index (χ2v) is 2.74. The van der Waals surface area contributed by atoms with Crippen LogP contribution in [0.4, 0.5) is 0 Å². The van der Waals surface area contributed by atoms with Gasteiger partial charge in [-0.2, -0.15) is 0 Å². The van der Waals surface area contributed by atoms with Crippen LogP contribution in [-0.4, -0.2) is 5.78 Å². The lowest BCUT2D eigenvalue weighted by atomic mass is 9.74. The minimum absolute atomic E-state index is 0.128. The van der Waals surface area contributed by atoms with Crippen molar-refractivity contribution >= 4 is 5.78 Å². The number of hydrogen-bond acceptors (Lipinski definition) is 1. The Morgan fingerprint density at radius 2 is 2.12 bits per heavy atom. The third kappa shape index (κ3) is 0.908. The van der Waals surface area contributed by atoms with Crippen LogP contribution in [-0.2, 0) is 4.79 Å². The number of ketones is 1. The molecule has 1 rings (SSSR count). The van der Waals surface area contributed by atoms with Crippen molar-refractivity contribution in [2.24, 2.45) is 11.8 Å². The first-order chi connectivity index (χ1) is 3.70. The molecule has 1 radical (unpaired) electrons. The van der Waals surface area contributed by atoms with Crippen molar-refractivity contribution in [3.8, 4) is 0 Å². The molecule has 0 bridgehead atoms.